The molecule has 0 spiro atoms. The topological polar surface area (TPSA) is 67.2 Å². The molecule has 6 nitrogen and oxygen atoms in total. The van der Waals surface area contributed by atoms with Crippen molar-refractivity contribution in [1.29, 1.82) is 0 Å². The largest absolute Gasteiger partial charge is 0.356 e. The van der Waals surface area contributed by atoms with Crippen LogP contribution in [0.15, 0.2) is 36.0 Å². The van der Waals surface area contributed by atoms with Gasteiger partial charge in [0, 0.05) is 43.8 Å². The first-order valence-electron chi connectivity index (χ1n) is 8.21. The predicted molar refractivity (Wildman–Crippen MR) is 92.4 cm³/mol. The number of rotatable bonds is 6. The van der Waals surface area contributed by atoms with Gasteiger partial charge in [-0.1, -0.05) is 6.07 Å². The van der Waals surface area contributed by atoms with Crippen LogP contribution in [-0.4, -0.2) is 40.1 Å². The van der Waals surface area contributed by atoms with E-state index in [4.69, 9.17) is 0 Å². The molecule has 3 heterocycles. The fourth-order valence-corrected chi connectivity index (χ4v) is 4.11. The van der Waals surface area contributed by atoms with Gasteiger partial charge >= 0.3 is 0 Å². The number of nitrogens with zero attached hydrogens (tertiary/aromatic N) is 3. The van der Waals surface area contributed by atoms with Crippen molar-refractivity contribution in [2.45, 2.75) is 31.8 Å². The number of likely N-dealkylation sites (tertiary alicyclic amines) is 1. The fourth-order valence-electron chi connectivity index (χ4n) is 3.18. The van der Waals surface area contributed by atoms with E-state index in [1.165, 1.54) is 0 Å². The Labute approximate surface area is 145 Å². The van der Waals surface area contributed by atoms with E-state index in [9.17, 15) is 9.59 Å². The molecule has 1 saturated heterocycles. The normalized spacial score (nSPS) is 21.0. The minimum atomic E-state index is -0.184. The van der Waals surface area contributed by atoms with Gasteiger partial charge in [0.1, 0.15) is 0 Å². The molecular formula is C17H22N4O2S. The molecule has 24 heavy (non-hydrogen) atoms. The number of nitrogens with one attached hydrogen (secondary N) is 1. The van der Waals surface area contributed by atoms with Gasteiger partial charge in [0.15, 0.2) is 0 Å². The van der Waals surface area contributed by atoms with Gasteiger partial charge in [0.2, 0.25) is 11.8 Å². The molecular weight excluding hydrogens is 324 g/mol. The standard InChI is InChI=1S/C17H22N4O2S/c1-20-15(22)7-6-13(16(20)14-5-2-12-24-14)17(23)18-8-3-10-21-11-4-9-19-21/h2,4-5,9,11-13,16H,3,6-8,10H2,1H3,(H,18,23)/t13-,16-/m0/s1. The summed E-state index contributed by atoms with van der Waals surface area (Å²) in [5.41, 5.74) is 0. The van der Waals surface area contributed by atoms with Crippen LogP contribution in [0.4, 0.5) is 0 Å². The highest BCUT2D eigenvalue weighted by atomic mass is 32.1. The Morgan fingerprint density at radius 1 is 1.46 bits per heavy atom. The van der Waals surface area contributed by atoms with E-state index in [2.05, 4.69) is 10.4 Å². The van der Waals surface area contributed by atoms with E-state index in [-0.39, 0.29) is 23.8 Å². The van der Waals surface area contributed by atoms with Crippen LogP contribution in [-0.2, 0) is 16.1 Å². The summed E-state index contributed by atoms with van der Waals surface area (Å²) in [7, 11) is 1.80. The van der Waals surface area contributed by atoms with E-state index in [0.717, 1.165) is 17.8 Å². The van der Waals surface area contributed by atoms with Crippen LogP contribution in [0.3, 0.4) is 0 Å². The third-order valence-corrected chi connectivity index (χ3v) is 5.40. The molecule has 2 aromatic heterocycles. The molecule has 0 aromatic carbocycles. The number of aryl methyl sites for hydroxylation is 1. The maximum absolute atomic E-state index is 12.7. The monoisotopic (exact) mass is 346 g/mol. The number of hydrogen-bond donors (Lipinski definition) is 1. The summed E-state index contributed by atoms with van der Waals surface area (Å²) in [6.07, 6.45) is 5.54. The third-order valence-electron chi connectivity index (χ3n) is 4.45. The van der Waals surface area contributed by atoms with Crippen LogP contribution < -0.4 is 5.32 Å². The zero-order valence-corrected chi connectivity index (χ0v) is 14.5. The molecule has 2 aromatic rings. The highest BCUT2D eigenvalue weighted by Gasteiger charge is 2.39. The van der Waals surface area contributed by atoms with Crippen molar-refractivity contribution in [3.8, 4) is 0 Å². The van der Waals surface area contributed by atoms with Crippen LogP contribution in [0, 0.1) is 5.92 Å². The Bertz CT molecular complexity index is 669. The van der Waals surface area contributed by atoms with E-state index in [0.29, 0.717) is 19.4 Å². The lowest BCUT2D eigenvalue weighted by atomic mass is 9.87. The van der Waals surface area contributed by atoms with Crippen LogP contribution >= 0.6 is 11.3 Å². The van der Waals surface area contributed by atoms with E-state index in [1.54, 1.807) is 29.5 Å². The SMILES string of the molecule is CN1C(=O)CC[C@H](C(=O)NCCCn2cccn2)[C@H]1c1cccs1. The number of hydrogen-bond acceptors (Lipinski definition) is 4. The molecule has 1 fully saturated rings. The number of amides is 2. The molecule has 3 rings (SSSR count). The Morgan fingerprint density at radius 2 is 2.33 bits per heavy atom. The van der Waals surface area contributed by atoms with Crippen LogP contribution in [0.5, 0.6) is 0 Å². The van der Waals surface area contributed by atoms with Gasteiger partial charge in [-0.3, -0.25) is 14.3 Å². The molecule has 0 aliphatic carbocycles. The lowest BCUT2D eigenvalue weighted by Crippen LogP contribution is -2.46. The minimum Gasteiger partial charge on any atom is -0.356 e. The quantitative estimate of drug-likeness (QED) is 0.814. The van der Waals surface area contributed by atoms with Crippen molar-refractivity contribution >= 4 is 23.2 Å². The number of carbonyl (C=O) groups is 2. The summed E-state index contributed by atoms with van der Waals surface area (Å²) in [6, 6.07) is 5.70. The molecule has 2 atom stereocenters. The lowest BCUT2D eigenvalue weighted by molar-refractivity contribution is -0.141. The van der Waals surface area contributed by atoms with Crippen LogP contribution in [0.1, 0.15) is 30.2 Å². The number of carbonyl (C=O) groups excluding carboxylic acids is 2. The van der Waals surface area contributed by atoms with Crippen molar-refractivity contribution in [2.24, 2.45) is 5.92 Å². The van der Waals surface area contributed by atoms with Crippen molar-refractivity contribution in [1.82, 2.24) is 20.0 Å². The molecule has 7 heteroatoms. The van der Waals surface area contributed by atoms with Crippen LogP contribution in [0.25, 0.3) is 0 Å². The Kier molecular flexibility index (Phi) is 5.30. The highest BCUT2D eigenvalue weighted by molar-refractivity contribution is 7.10. The summed E-state index contributed by atoms with van der Waals surface area (Å²) in [4.78, 5) is 27.5. The third kappa shape index (κ3) is 3.67. The van der Waals surface area contributed by atoms with Gasteiger partial charge in [-0.15, -0.1) is 11.3 Å². The zero-order valence-electron chi connectivity index (χ0n) is 13.7. The molecule has 0 unspecified atom stereocenters. The van der Waals surface area contributed by atoms with Gasteiger partial charge in [0.05, 0.1) is 12.0 Å². The smallest absolute Gasteiger partial charge is 0.225 e. The molecule has 0 saturated carbocycles. The number of piperidine rings is 1. The zero-order chi connectivity index (χ0) is 16.9. The summed E-state index contributed by atoms with van der Waals surface area (Å²) < 4.78 is 1.85. The summed E-state index contributed by atoms with van der Waals surface area (Å²) in [5.74, 6) is -0.0413. The Morgan fingerprint density at radius 3 is 3.04 bits per heavy atom. The number of thiophene rings is 1. The summed E-state index contributed by atoms with van der Waals surface area (Å²) >= 11 is 1.60. The fraction of sp³-hybridized carbons (Fsp3) is 0.471. The summed E-state index contributed by atoms with van der Waals surface area (Å²) in [6.45, 7) is 1.40. The predicted octanol–water partition coefficient (Wildman–Crippen LogP) is 2.06. The first kappa shape index (κ1) is 16.7. The lowest BCUT2D eigenvalue weighted by Gasteiger charge is -2.37. The second kappa shape index (κ2) is 7.61. The molecule has 0 radical (unpaired) electrons. The average molecular weight is 346 g/mol. The summed E-state index contributed by atoms with van der Waals surface area (Å²) in [5, 5.41) is 9.16. The van der Waals surface area contributed by atoms with Gasteiger partial charge < -0.3 is 10.2 Å². The Hall–Kier alpha value is -2.15. The molecule has 0 bridgehead atoms. The number of aromatic nitrogens is 2. The maximum Gasteiger partial charge on any atom is 0.225 e. The van der Waals surface area contributed by atoms with Crippen LogP contribution in [0.2, 0.25) is 0 Å². The van der Waals surface area contributed by atoms with Crippen molar-refractivity contribution < 1.29 is 9.59 Å². The minimum absolute atomic E-state index is 0.0354. The average Bonchev–Trinajstić information content (AvgIpc) is 3.27. The van der Waals surface area contributed by atoms with Gasteiger partial charge in [0.25, 0.3) is 0 Å². The first-order chi connectivity index (χ1) is 11.7. The molecule has 1 aliphatic rings. The highest BCUT2D eigenvalue weighted by Crippen LogP contribution is 2.37. The molecule has 128 valence electrons. The van der Waals surface area contributed by atoms with E-state index in [1.807, 2.05) is 34.5 Å². The van der Waals surface area contributed by atoms with E-state index < -0.39 is 0 Å². The molecule has 1 aliphatic heterocycles. The van der Waals surface area contributed by atoms with E-state index >= 15 is 0 Å². The maximum atomic E-state index is 12.7. The Balaban J connectivity index is 1.58. The second-order valence-corrected chi connectivity index (χ2v) is 7.00. The van der Waals surface area contributed by atoms with Gasteiger partial charge in [-0.2, -0.15) is 5.10 Å². The van der Waals surface area contributed by atoms with Crippen molar-refractivity contribution in [2.75, 3.05) is 13.6 Å². The molecule has 1 N–H and O–H groups in total. The second-order valence-electron chi connectivity index (χ2n) is 6.02. The van der Waals surface area contributed by atoms with Crippen molar-refractivity contribution in [3.63, 3.8) is 0 Å². The molecule has 2 amide bonds. The van der Waals surface area contributed by atoms with Gasteiger partial charge in [-0.25, -0.2) is 0 Å². The first-order valence-corrected chi connectivity index (χ1v) is 9.09. The van der Waals surface area contributed by atoms with Crippen molar-refractivity contribution in [3.05, 3.63) is 40.8 Å². The van der Waals surface area contributed by atoms with Gasteiger partial charge in [-0.05, 0) is 30.4 Å².